The first-order chi connectivity index (χ1) is 9.44. The summed E-state index contributed by atoms with van der Waals surface area (Å²) in [5.41, 5.74) is 0.0377. The molecule has 0 bridgehead atoms. The van der Waals surface area contributed by atoms with E-state index in [9.17, 15) is 4.79 Å². The fraction of sp³-hybridized carbons (Fsp3) is 0.625. The van der Waals surface area contributed by atoms with Crippen LogP contribution >= 0.6 is 0 Å². The minimum atomic E-state index is 0.0377. The molecule has 4 heteroatoms. The Morgan fingerprint density at radius 2 is 2.10 bits per heavy atom. The molecule has 20 heavy (non-hydrogen) atoms. The molecule has 110 valence electrons. The van der Waals surface area contributed by atoms with Crippen molar-refractivity contribution < 1.29 is 9.53 Å². The molecule has 1 aliphatic rings. The lowest BCUT2D eigenvalue weighted by Gasteiger charge is -2.34. The van der Waals surface area contributed by atoms with Gasteiger partial charge in [0.05, 0.1) is 6.54 Å². The number of rotatable bonds is 3. The summed E-state index contributed by atoms with van der Waals surface area (Å²) in [4.78, 5) is 18.2. The highest BCUT2D eigenvalue weighted by Crippen LogP contribution is 2.23. The Kier molecular flexibility index (Phi) is 4.63. The van der Waals surface area contributed by atoms with Crippen LogP contribution in [0, 0.1) is 5.41 Å². The lowest BCUT2D eigenvalue weighted by atomic mass is 9.91. The lowest BCUT2D eigenvalue weighted by Crippen LogP contribution is -2.45. The standard InChI is InChI=1S/C16H24N2O2/c1-16(2,3)11-15(19)18-10-4-5-14(12-18)20-13-6-8-17-9-7-13/h6-9,14H,4-5,10-12H2,1-3H3. The molecule has 1 fully saturated rings. The van der Waals surface area contributed by atoms with Crippen LogP contribution in [0.3, 0.4) is 0 Å². The number of amides is 1. The number of hydrogen-bond acceptors (Lipinski definition) is 3. The largest absolute Gasteiger partial charge is 0.488 e. The summed E-state index contributed by atoms with van der Waals surface area (Å²) >= 11 is 0. The molecule has 1 amide bonds. The third-order valence-corrected chi connectivity index (χ3v) is 3.36. The first kappa shape index (κ1) is 14.8. The molecule has 0 radical (unpaired) electrons. The maximum absolute atomic E-state index is 12.3. The van der Waals surface area contributed by atoms with Gasteiger partial charge in [0.1, 0.15) is 11.9 Å². The summed E-state index contributed by atoms with van der Waals surface area (Å²) < 4.78 is 5.93. The van der Waals surface area contributed by atoms with Crippen LogP contribution in [0.1, 0.15) is 40.0 Å². The highest BCUT2D eigenvalue weighted by molar-refractivity contribution is 5.77. The van der Waals surface area contributed by atoms with Crippen LogP contribution in [0.5, 0.6) is 5.75 Å². The summed E-state index contributed by atoms with van der Waals surface area (Å²) in [6.07, 6.45) is 6.14. The molecule has 1 aliphatic heterocycles. The first-order valence-corrected chi connectivity index (χ1v) is 7.28. The maximum Gasteiger partial charge on any atom is 0.223 e. The van der Waals surface area contributed by atoms with Gasteiger partial charge in [0.2, 0.25) is 5.91 Å². The molecule has 2 rings (SSSR count). The van der Waals surface area contributed by atoms with E-state index in [0.29, 0.717) is 13.0 Å². The molecule has 0 N–H and O–H groups in total. The molecule has 2 heterocycles. The van der Waals surface area contributed by atoms with Crippen molar-refractivity contribution in [3.63, 3.8) is 0 Å². The number of carbonyl (C=O) groups is 1. The van der Waals surface area contributed by atoms with Gasteiger partial charge in [-0.1, -0.05) is 20.8 Å². The number of hydrogen-bond donors (Lipinski definition) is 0. The second-order valence-electron chi connectivity index (χ2n) is 6.64. The number of aromatic nitrogens is 1. The van der Waals surface area contributed by atoms with E-state index in [1.165, 1.54) is 0 Å². The fourth-order valence-electron chi connectivity index (χ4n) is 2.44. The molecule has 1 unspecified atom stereocenters. The van der Waals surface area contributed by atoms with Gasteiger partial charge in [-0.3, -0.25) is 9.78 Å². The predicted molar refractivity (Wildman–Crippen MR) is 78.5 cm³/mol. The van der Waals surface area contributed by atoms with Crippen molar-refractivity contribution in [1.29, 1.82) is 0 Å². The summed E-state index contributed by atoms with van der Waals surface area (Å²) in [5, 5.41) is 0. The summed E-state index contributed by atoms with van der Waals surface area (Å²) in [7, 11) is 0. The number of piperidine rings is 1. The second-order valence-corrected chi connectivity index (χ2v) is 6.64. The van der Waals surface area contributed by atoms with Gasteiger partial charge in [-0.2, -0.15) is 0 Å². The molecule has 0 spiro atoms. The summed E-state index contributed by atoms with van der Waals surface area (Å²) in [6, 6.07) is 3.71. The van der Waals surface area contributed by atoms with E-state index in [4.69, 9.17) is 4.74 Å². The van der Waals surface area contributed by atoms with Crippen molar-refractivity contribution in [2.45, 2.75) is 46.1 Å². The van der Waals surface area contributed by atoms with E-state index < -0.39 is 0 Å². The SMILES string of the molecule is CC(C)(C)CC(=O)N1CCCC(Oc2ccncc2)C1. The quantitative estimate of drug-likeness (QED) is 0.852. The average Bonchev–Trinajstić information content (AvgIpc) is 2.38. The minimum Gasteiger partial charge on any atom is -0.488 e. The van der Waals surface area contributed by atoms with E-state index in [-0.39, 0.29) is 17.4 Å². The van der Waals surface area contributed by atoms with Crippen molar-refractivity contribution in [2.24, 2.45) is 5.41 Å². The van der Waals surface area contributed by atoms with E-state index in [2.05, 4.69) is 25.8 Å². The van der Waals surface area contributed by atoms with Crippen molar-refractivity contribution in [2.75, 3.05) is 13.1 Å². The van der Waals surface area contributed by atoms with Crippen LogP contribution in [-0.2, 0) is 4.79 Å². The fourth-order valence-corrected chi connectivity index (χ4v) is 2.44. The van der Waals surface area contributed by atoms with Gasteiger partial charge in [0.15, 0.2) is 0 Å². The van der Waals surface area contributed by atoms with Gasteiger partial charge in [-0.15, -0.1) is 0 Å². The Balaban J connectivity index is 1.90. The molecule has 1 saturated heterocycles. The first-order valence-electron chi connectivity index (χ1n) is 7.28. The summed E-state index contributed by atoms with van der Waals surface area (Å²) in [5.74, 6) is 1.07. The van der Waals surface area contributed by atoms with Gasteiger partial charge in [-0.05, 0) is 30.4 Å². The van der Waals surface area contributed by atoms with E-state index in [1.807, 2.05) is 17.0 Å². The van der Waals surface area contributed by atoms with Gasteiger partial charge in [0, 0.05) is 25.4 Å². The molecular formula is C16H24N2O2. The molecule has 4 nitrogen and oxygen atoms in total. The van der Waals surface area contributed by atoms with Crippen LogP contribution < -0.4 is 4.74 Å². The van der Waals surface area contributed by atoms with Crippen molar-refractivity contribution in [3.8, 4) is 5.75 Å². The molecule has 1 aromatic rings. The van der Waals surface area contributed by atoms with E-state index in [0.717, 1.165) is 25.1 Å². The number of nitrogens with zero attached hydrogens (tertiary/aromatic N) is 2. The zero-order chi connectivity index (χ0) is 14.6. The van der Waals surface area contributed by atoms with Crippen LogP contribution in [0.2, 0.25) is 0 Å². The molecule has 0 aromatic carbocycles. The Morgan fingerprint density at radius 3 is 2.75 bits per heavy atom. The van der Waals surface area contributed by atoms with Crippen molar-refractivity contribution in [3.05, 3.63) is 24.5 Å². The third-order valence-electron chi connectivity index (χ3n) is 3.36. The Bertz CT molecular complexity index is 440. The Morgan fingerprint density at radius 1 is 1.40 bits per heavy atom. The normalized spacial score (nSPS) is 19.8. The highest BCUT2D eigenvalue weighted by atomic mass is 16.5. The van der Waals surface area contributed by atoms with E-state index in [1.54, 1.807) is 12.4 Å². The Labute approximate surface area is 121 Å². The molecular weight excluding hydrogens is 252 g/mol. The molecule has 1 aromatic heterocycles. The predicted octanol–water partition coefficient (Wildman–Crippen LogP) is 2.89. The average molecular weight is 276 g/mol. The highest BCUT2D eigenvalue weighted by Gasteiger charge is 2.27. The minimum absolute atomic E-state index is 0.0377. The van der Waals surface area contributed by atoms with E-state index >= 15 is 0 Å². The monoisotopic (exact) mass is 276 g/mol. The number of ether oxygens (including phenoxy) is 1. The van der Waals surface area contributed by atoms with Crippen molar-refractivity contribution >= 4 is 5.91 Å². The molecule has 0 saturated carbocycles. The van der Waals surface area contributed by atoms with Crippen LogP contribution in [0.25, 0.3) is 0 Å². The van der Waals surface area contributed by atoms with Crippen LogP contribution in [0.15, 0.2) is 24.5 Å². The van der Waals surface area contributed by atoms with Gasteiger partial charge >= 0.3 is 0 Å². The van der Waals surface area contributed by atoms with Crippen molar-refractivity contribution in [1.82, 2.24) is 9.88 Å². The number of carbonyl (C=O) groups excluding carboxylic acids is 1. The zero-order valence-corrected chi connectivity index (χ0v) is 12.6. The maximum atomic E-state index is 12.3. The third kappa shape index (κ3) is 4.51. The zero-order valence-electron chi connectivity index (χ0n) is 12.6. The van der Waals surface area contributed by atoms with Crippen LogP contribution in [-0.4, -0.2) is 35.0 Å². The van der Waals surface area contributed by atoms with Gasteiger partial charge in [-0.25, -0.2) is 0 Å². The smallest absolute Gasteiger partial charge is 0.223 e. The summed E-state index contributed by atoms with van der Waals surface area (Å²) in [6.45, 7) is 7.84. The number of likely N-dealkylation sites (tertiary alicyclic amines) is 1. The topological polar surface area (TPSA) is 42.4 Å². The lowest BCUT2D eigenvalue weighted by molar-refractivity contribution is -0.135. The number of pyridine rings is 1. The molecule has 1 atom stereocenters. The van der Waals surface area contributed by atoms with Gasteiger partial charge < -0.3 is 9.64 Å². The molecule has 0 aliphatic carbocycles. The second kappa shape index (κ2) is 6.25. The van der Waals surface area contributed by atoms with Gasteiger partial charge in [0.25, 0.3) is 0 Å². The van der Waals surface area contributed by atoms with Crippen LogP contribution in [0.4, 0.5) is 0 Å². The Hall–Kier alpha value is -1.58.